The van der Waals surface area contributed by atoms with Crippen molar-refractivity contribution >= 4 is 17.7 Å². The van der Waals surface area contributed by atoms with Crippen LogP contribution in [0.2, 0.25) is 0 Å². The number of thioether (sulfide) groups is 1. The quantitative estimate of drug-likeness (QED) is 0.421. The summed E-state index contributed by atoms with van der Waals surface area (Å²) in [7, 11) is 1.22. The molecule has 0 saturated heterocycles. The summed E-state index contributed by atoms with van der Waals surface area (Å²) in [6.07, 6.45) is 2.98. The number of carbonyl (C=O) groups excluding carboxylic acids is 1. The Morgan fingerprint density at radius 1 is 1.69 bits per heavy atom. The first kappa shape index (κ1) is 9.79. The number of hydrogen-bond acceptors (Lipinski definition) is 5. The number of nitrogens with zero attached hydrogens (tertiary/aromatic N) is 1. The summed E-state index contributed by atoms with van der Waals surface area (Å²) in [5.74, 6) is -0.668. The first-order valence-electron chi connectivity index (χ1n) is 3.40. The Hall–Kier alpha value is -1.30. The van der Waals surface area contributed by atoms with Crippen molar-refractivity contribution < 1.29 is 9.53 Å². The van der Waals surface area contributed by atoms with E-state index in [1.54, 1.807) is 6.26 Å². The van der Waals surface area contributed by atoms with Crippen molar-refractivity contribution in [3.05, 3.63) is 22.2 Å². The lowest BCUT2D eigenvalue weighted by molar-refractivity contribution is 0.0593. The number of esters is 1. The maximum Gasteiger partial charge on any atom is 0.346 e. The van der Waals surface area contributed by atoms with Gasteiger partial charge in [0.25, 0.3) is 5.56 Å². The Bertz CT molecular complexity index is 374. The number of carbonyl (C=O) groups is 1. The van der Waals surface area contributed by atoms with Gasteiger partial charge >= 0.3 is 5.97 Å². The van der Waals surface area contributed by atoms with Crippen LogP contribution in [0.25, 0.3) is 0 Å². The van der Waals surface area contributed by atoms with Crippen LogP contribution in [0.4, 0.5) is 0 Å². The Labute approximate surface area is 78.5 Å². The lowest BCUT2D eigenvalue weighted by Gasteiger charge is -2.01. The molecule has 70 valence electrons. The molecule has 1 aromatic rings. The molecule has 6 heteroatoms. The average Bonchev–Trinajstić information content (AvgIpc) is 2.16. The molecule has 0 aromatic carbocycles. The smallest absolute Gasteiger partial charge is 0.346 e. The molecule has 0 spiro atoms. The third kappa shape index (κ3) is 1.89. The molecular weight excluding hydrogens is 192 g/mol. The summed E-state index contributed by atoms with van der Waals surface area (Å²) in [6, 6.07) is 0. The van der Waals surface area contributed by atoms with Gasteiger partial charge in [-0.15, -0.1) is 11.8 Å². The van der Waals surface area contributed by atoms with Crippen molar-refractivity contribution in [1.82, 2.24) is 9.97 Å². The largest absolute Gasteiger partial charge is 0.465 e. The lowest BCUT2D eigenvalue weighted by Crippen LogP contribution is -2.20. The highest BCUT2D eigenvalue weighted by Gasteiger charge is 2.16. The van der Waals surface area contributed by atoms with Crippen LogP contribution in [0.1, 0.15) is 10.4 Å². The van der Waals surface area contributed by atoms with Gasteiger partial charge in [-0.1, -0.05) is 0 Å². The van der Waals surface area contributed by atoms with Gasteiger partial charge in [0.05, 0.1) is 13.4 Å². The number of nitrogens with one attached hydrogen (secondary N) is 1. The van der Waals surface area contributed by atoms with E-state index in [4.69, 9.17) is 0 Å². The molecule has 0 radical (unpaired) electrons. The van der Waals surface area contributed by atoms with Crippen molar-refractivity contribution in [2.75, 3.05) is 13.4 Å². The Kier molecular flexibility index (Phi) is 3.07. The number of aromatic nitrogens is 2. The van der Waals surface area contributed by atoms with Gasteiger partial charge in [-0.3, -0.25) is 4.79 Å². The molecule has 0 saturated carbocycles. The molecule has 5 nitrogen and oxygen atoms in total. The third-order valence-corrected chi connectivity index (χ3v) is 2.10. The number of rotatable bonds is 2. The van der Waals surface area contributed by atoms with Gasteiger partial charge in [-0.05, 0) is 6.26 Å². The Morgan fingerprint density at radius 2 is 2.38 bits per heavy atom. The van der Waals surface area contributed by atoms with Gasteiger partial charge in [-0.2, -0.15) is 0 Å². The Balaban J connectivity index is 3.31. The molecule has 1 heterocycles. The molecule has 1 N–H and O–H groups in total. The zero-order valence-corrected chi connectivity index (χ0v) is 7.97. The molecule has 0 amide bonds. The monoisotopic (exact) mass is 200 g/mol. The SMILES string of the molecule is COC(=O)c1c(SC)nc[nH]c1=O. The molecule has 1 aromatic heterocycles. The van der Waals surface area contributed by atoms with Crippen LogP contribution in [0.5, 0.6) is 0 Å². The standard InChI is InChI=1S/C7H8N2O3S/c1-12-7(11)4-5(10)8-3-9-6(4)13-2/h3H,1-2H3,(H,8,9,10). The molecule has 0 aliphatic carbocycles. The summed E-state index contributed by atoms with van der Waals surface area (Å²) in [4.78, 5) is 28.5. The minimum absolute atomic E-state index is 0.0440. The number of H-pyrrole nitrogens is 1. The zero-order chi connectivity index (χ0) is 9.84. The Morgan fingerprint density at radius 3 is 2.92 bits per heavy atom. The van der Waals surface area contributed by atoms with E-state index in [9.17, 15) is 9.59 Å². The van der Waals surface area contributed by atoms with Gasteiger partial charge in [0, 0.05) is 0 Å². The molecule has 13 heavy (non-hydrogen) atoms. The average molecular weight is 200 g/mol. The van der Waals surface area contributed by atoms with Gasteiger partial charge in [-0.25, -0.2) is 9.78 Å². The van der Waals surface area contributed by atoms with Crippen LogP contribution in [-0.4, -0.2) is 29.3 Å². The van der Waals surface area contributed by atoms with Crippen LogP contribution in [0.3, 0.4) is 0 Å². The molecule has 0 bridgehead atoms. The second-order valence-electron chi connectivity index (χ2n) is 2.11. The van der Waals surface area contributed by atoms with Crippen LogP contribution in [0, 0.1) is 0 Å². The van der Waals surface area contributed by atoms with Crippen molar-refractivity contribution in [1.29, 1.82) is 0 Å². The first-order valence-corrected chi connectivity index (χ1v) is 4.63. The number of hydrogen-bond donors (Lipinski definition) is 1. The number of aromatic amines is 1. The van der Waals surface area contributed by atoms with Crippen molar-refractivity contribution in [2.45, 2.75) is 5.03 Å². The van der Waals surface area contributed by atoms with Crippen LogP contribution >= 0.6 is 11.8 Å². The third-order valence-electron chi connectivity index (χ3n) is 1.40. The van der Waals surface area contributed by atoms with E-state index in [0.717, 1.165) is 0 Å². The summed E-state index contributed by atoms with van der Waals surface area (Å²) in [5.41, 5.74) is -0.524. The second-order valence-corrected chi connectivity index (χ2v) is 2.90. The van der Waals surface area contributed by atoms with Crippen molar-refractivity contribution in [3.8, 4) is 0 Å². The minimum atomic E-state index is -0.668. The van der Waals surface area contributed by atoms with Crippen LogP contribution in [-0.2, 0) is 4.74 Å². The molecule has 0 aliphatic heterocycles. The van der Waals surface area contributed by atoms with Crippen LogP contribution in [0.15, 0.2) is 16.1 Å². The van der Waals surface area contributed by atoms with E-state index < -0.39 is 11.5 Å². The highest BCUT2D eigenvalue weighted by Crippen LogP contribution is 2.13. The van der Waals surface area contributed by atoms with Gasteiger partial charge in [0.2, 0.25) is 0 Å². The highest BCUT2D eigenvalue weighted by molar-refractivity contribution is 7.98. The second kappa shape index (κ2) is 4.08. The molecule has 0 unspecified atom stereocenters. The van der Waals surface area contributed by atoms with E-state index in [2.05, 4.69) is 14.7 Å². The lowest BCUT2D eigenvalue weighted by atomic mass is 10.3. The maximum atomic E-state index is 11.2. The predicted molar refractivity (Wildman–Crippen MR) is 48.0 cm³/mol. The van der Waals surface area contributed by atoms with E-state index in [-0.39, 0.29) is 5.56 Å². The first-order chi connectivity index (χ1) is 6.20. The summed E-state index contributed by atoms with van der Waals surface area (Å²) in [5, 5.41) is 0.371. The van der Waals surface area contributed by atoms with Crippen LogP contribution < -0.4 is 5.56 Å². The van der Waals surface area contributed by atoms with Gasteiger partial charge < -0.3 is 9.72 Å². The van der Waals surface area contributed by atoms with E-state index in [0.29, 0.717) is 5.03 Å². The predicted octanol–water partition coefficient (Wildman–Crippen LogP) is 0.278. The molecule has 0 fully saturated rings. The van der Waals surface area contributed by atoms with E-state index in [1.165, 1.54) is 25.2 Å². The van der Waals surface area contributed by atoms with E-state index in [1.807, 2.05) is 0 Å². The van der Waals surface area contributed by atoms with Gasteiger partial charge in [0.1, 0.15) is 5.03 Å². The van der Waals surface area contributed by atoms with E-state index >= 15 is 0 Å². The zero-order valence-electron chi connectivity index (χ0n) is 7.16. The minimum Gasteiger partial charge on any atom is -0.465 e. The maximum absolute atomic E-state index is 11.2. The summed E-state index contributed by atoms with van der Waals surface area (Å²) >= 11 is 1.22. The normalized spacial score (nSPS) is 9.69. The summed E-state index contributed by atoms with van der Waals surface area (Å²) in [6.45, 7) is 0. The topological polar surface area (TPSA) is 72.0 Å². The molecule has 0 atom stereocenters. The molecular formula is C7H8N2O3S. The van der Waals surface area contributed by atoms with Gasteiger partial charge in [0.15, 0.2) is 5.56 Å². The number of ether oxygens (including phenoxy) is 1. The summed E-state index contributed by atoms with van der Waals surface area (Å²) < 4.78 is 4.45. The fraction of sp³-hybridized carbons (Fsp3) is 0.286. The fourth-order valence-corrected chi connectivity index (χ4v) is 1.36. The fourth-order valence-electron chi connectivity index (χ4n) is 0.820. The van der Waals surface area contributed by atoms with Crippen molar-refractivity contribution in [2.24, 2.45) is 0 Å². The highest BCUT2D eigenvalue weighted by atomic mass is 32.2. The van der Waals surface area contributed by atoms with Crippen molar-refractivity contribution in [3.63, 3.8) is 0 Å². The molecule has 1 rings (SSSR count). The number of methoxy groups -OCH3 is 1. The molecule has 0 aliphatic rings.